The normalized spacial score (nSPS) is 14.6. The van der Waals surface area contributed by atoms with Crippen molar-refractivity contribution in [2.24, 2.45) is 0 Å². The molecule has 1 saturated heterocycles. The first-order valence-corrected chi connectivity index (χ1v) is 5.40. The fourth-order valence-corrected chi connectivity index (χ4v) is 1.52. The molecule has 2 N–H and O–H groups in total. The maximum absolute atomic E-state index is 11.6. The maximum atomic E-state index is 11.6. The van der Waals surface area contributed by atoms with Gasteiger partial charge in [-0.1, -0.05) is 0 Å². The minimum Gasteiger partial charge on any atom is -0.350 e. The summed E-state index contributed by atoms with van der Waals surface area (Å²) in [6.45, 7) is 0.0389. The van der Waals surface area contributed by atoms with Gasteiger partial charge in [-0.2, -0.15) is 0 Å². The van der Waals surface area contributed by atoms with Gasteiger partial charge in [-0.25, -0.2) is 4.79 Å². The minimum absolute atomic E-state index is 0.0452. The predicted molar refractivity (Wildman–Crippen MR) is 61.2 cm³/mol. The third kappa shape index (κ3) is 2.82. The lowest BCUT2D eigenvalue weighted by Crippen LogP contribution is -2.40. The molecule has 0 aromatic carbocycles. The number of rotatable bonds is 4. The molecule has 18 heavy (non-hydrogen) atoms. The van der Waals surface area contributed by atoms with Crippen LogP contribution in [0.3, 0.4) is 0 Å². The van der Waals surface area contributed by atoms with Gasteiger partial charge >= 0.3 is 6.03 Å². The van der Waals surface area contributed by atoms with Crippen LogP contribution in [-0.2, 0) is 16.1 Å². The van der Waals surface area contributed by atoms with Gasteiger partial charge in [0.2, 0.25) is 5.91 Å². The van der Waals surface area contributed by atoms with Crippen molar-refractivity contribution in [3.05, 3.63) is 30.1 Å². The number of imide groups is 1. The molecule has 4 amide bonds. The van der Waals surface area contributed by atoms with Crippen LogP contribution in [0, 0.1) is 0 Å². The molecule has 1 aromatic heterocycles. The molecule has 0 radical (unpaired) electrons. The highest BCUT2D eigenvalue weighted by Gasteiger charge is 2.29. The first-order valence-electron chi connectivity index (χ1n) is 5.40. The lowest BCUT2D eigenvalue weighted by Gasteiger charge is -2.12. The molecule has 1 aliphatic heterocycles. The van der Waals surface area contributed by atoms with Crippen molar-refractivity contribution in [2.75, 3.05) is 13.1 Å². The van der Waals surface area contributed by atoms with Crippen LogP contribution in [0.25, 0.3) is 0 Å². The van der Waals surface area contributed by atoms with Crippen molar-refractivity contribution in [1.29, 1.82) is 0 Å². The molecule has 0 aliphatic carbocycles. The average molecular weight is 248 g/mol. The number of pyridine rings is 1. The number of hydrogen-bond acceptors (Lipinski definition) is 4. The van der Waals surface area contributed by atoms with E-state index in [1.807, 2.05) is 0 Å². The van der Waals surface area contributed by atoms with Crippen molar-refractivity contribution in [3.8, 4) is 0 Å². The SMILES string of the molecule is O=C(CN1C(=O)CNC1=O)NCc1ccncc1. The van der Waals surface area contributed by atoms with E-state index >= 15 is 0 Å². The van der Waals surface area contributed by atoms with Crippen molar-refractivity contribution in [2.45, 2.75) is 6.54 Å². The second-order valence-electron chi connectivity index (χ2n) is 3.77. The van der Waals surface area contributed by atoms with Gasteiger partial charge in [-0.05, 0) is 17.7 Å². The van der Waals surface area contributed by atoms with Gasteiger partial charge in [0.05, 0.1) is 6.54 Å². The minimum atomic E-state index is -0.529. The summed E-state index contributed by atoms with van der Waals surface area (Å²) in [5, 5.41) is 4.97. The Kier molecular flexibility index (Phi) is 3.52. The number of urea groups is 1. The third-order valence-corrected chi connectivity index (χ3v) is 2.48. The quantitative estimate of drug-likeness (QED) is 0.686. The summed E-state index contributed by atoms with van der Waals surface area (Å²) in [6, 6.07) is 3.01. The summed E-state index contributed by atoms with van der Waals surface area (Å²) in [6.07, 6.45) is 3.25. The summed E-state index contributed by atoms with van der Waals surface area (Å²) in [5.74, 6) is -0.767. The summed E-state index contributed by atoms with van der Waals surface area (Å²) in [7, 11) is 0. The van der Waals surface area contributed by atoms with E-state index in [0.29, 0.717) is 6.54 Å². The molecule has 0 atom stereocenters. The highest BCUT2D eigenvalue weighted by molar-refractivity contribution is 6.04. The first kappa shape index (κ1) is 12.0. The second-order valence-corrected chi connectivity index (χ2v) is 3.77. The molecule has 0 bridgehead atoms. The highest BCUT2D eigenvalue weighted by Crippen LogP contribution is 1.99. The lowest BCUT2D eigenvalue weighted by molar-refractivity contribution is -0.130. The molecular formula is C11H12N4O3. The molecule has 0 unspecified atom stereocenters. The summed E-state index contributed by atoms with van der Waals surface area (Å²) < 4.78 is 0. The van der Waals surface area contributed by atoms with Gasteiger partial charge in [0.25, 0.3) is 5.91 Å². The Hall–Kier alpha value is -2.44. The number of nitrogens with zero attached hydrogens (tertiary/aromatic N) is 2. The molecule has 0 spiro atoms. The molecule has 1 fully saturated rings. The van der Waals surface area contributed by atoms with Gasteiger partial charge in [0.15, 0.2) is 0 Å². The van der Waals surface area contributed by atoms with Gasteiger partial charge < -0.3 is 10.6 Å². The zero-order valence-corrected chi connectivity index (χ0v) is 9.55. The molecule has 94 valence electrons. The number of carbonyl (C=O) groups excluding carboxylic acids is 3. The Bertz CT molecular complexity index is 458. The van der Waals surface area contributed by atoms with E-state index in [0.717, 1.165) is 10.5 Å². The largest absolute Gasteiger partial charge is 0.350 e. The van der Waals surface area contributed by atoms with E-state index in [9.17, 15) is 14.4 Å². The van der Waals surface area contributed by atoms with Crippen LogP contribution < -0.4 is 10.6 Å². The smallest absolute Gasteiger partial charge is 0.325 e. The molecule has 0 saturated carbocycles. The lowest BCUT2D eigenvalue weighted by atomic mass is 10.3. The molecule has 2 heterocycles. The monoisotopic (exact) mass is 248 g/mol. The van der Waals surface area contributed by atoms with Crippen LogP contribution >= 0.6 is 0 Å². The highest BCUT2D eigenvalue weighted by atomic mass is 16.2. The molecular weight excluding hydrogens is 236 g/mol. The Morgan fingerprint density at radius 2 is 2.11 bits per heavy atom. The molecule has 2 rings (SSSR count). The first-order chi connectivity index (χ1) is 8.66. The summed E-state index contributed by atoms with van der Waals surface area (Å²) in [5.41, 5.74) is 0.899. The van der Waals surface area contributed by atoms with Crippen LogP contribution in [-0.4, -0.2) is 40.8 Å². The van der Waals surface area contributed by atoms with Crippen molar-refractivity contribution in [3.63, 3.8) is 0 Å². The van der Waals surface area contributed by atoms with Crippen molar-refractivity contribution >= 4 is 17.8 Å². The fourth-order valence-electron chi connectivity index (χ4n) is 1.52. The van der Waals surface area contributed by atoms with Crippen molar-refractivity contribution in [1.82, 2.24) is 20.5 Å². The molecule has 7 heteroatoms. The van der Waals surface area contributed by atoms with Gasteiger partial charge in [-0.15, -0.1) is 0 Å². The fraction of sp³-hybridized carbons (Fsp3) is 0.273. The number of aromatic nitrogens is 1. The maximum Gasteiger partial charge on any atom is 0.325 e. The van der Waals surface area contributed by atoms with Crippen molar-refractivity contribution < 1.29 is 14.4 Å². The van der Waals surface area contributed by atoms with E-state index < -0.39 is 6.03 Å². The van der Waals surface area contributed by atoms with Gasteiger partial charge in [0, 0.05) is 18.9 Å². The van der Waals surface area contributed by atoms with Crippen LogP contribution in [0.5, 0.6) is 0 Å². The zero-order valence-electron chi connectivity index (χ0n) is 9.55. The number of hydrogen-bond donors (Lipinski definition) is 2. The van der Waals surface area contributed by atoms with Gasteiger partial charge in [0.1, 0.15) is 6.54 Å². The van der Waals surface area contributed by atoms with Gasteiger partial charge in [-0.3, -0.25) is 19.5 Å². The molecule has 1 aliphatic rings. The van der Waals surface area contributed by atoms with E-state index in [4.69, 9.17) is 0 Å². The van der Waals surface area contributed by atoms with Crippen LogP contribution in [0.1, 0.15) is 5.56 Å². The Labute approximate surface area is 103 Å². The topological polar surface area (TPSA) is 91.4 Å². The van der Waals surface area contributed by atoms with Crippen LogP contribution in [0.4, 0.5) is 4.79 Å². The van der Waals surface area contributed by atoms with E-state index in [2.05, 4.69) is 15.6 Å². The summed E-state index contributed by atoms with van der Waals surface area (Å²) in [4.78, 5) is 38.8. The number of amides is 4. The number of nitrogens with one attached hydrogen (secondary N) is 2. The van der Waals surface area contributed by atoms with E-state index in [1.54, 1.807) is 24.5 Å². The molecule has 1 aromatic rings. The summed E-state index contributed by atoms with van der Waals surface area (Å²) >= 11 is 0. The second kappa shape index (κ2) is 5.26. The standard InChI is InChI=1S/C11H12N4O3/c16-9(7-15-10(17)6-14-11(15)18)13-5-8-1-3-12-4-2-8/h1-4H,5-7H2,(H,13,16)(H,14,18). The van der Waals surface area contributed by atoms with Crippen LogP contribution in [0.2, 0.25) is 0 Å². The van der Waals surface area contributed by atoms with E-state index in [-0.39, 0.29) is 24.9 Å². The Balaban J connectivity index is 1.82. The Morgan fingerprint density at radius 3 is 2.72 bits per heavy atom. The van der Waals surface area contributed by atoms with E-state index in [1.165, 1.54) is 0 Å². The predicted octanol–water partition coefficient (Wildman–Crippen LogP) is -0.750. The zero-order chi connectivity index (χ0) is 13.0. The molecule has 7 nitrogen and oxygen atoms in total. The third-order valence-electron chi connectivity index (χ3n) is 2.48. The average Bonchev–Trinajstić information content (AvgIpc) is 2.69. The van der Waals surface area contributed by atoms with Crippen LogP contribution in [0.15, 0.2) is 24.5 Å². The Morgan fingerprint density at radius 1 is 1.39 bits per heavy atom. The number of carbonyl (C=O) groups is 3.